The number of piperidine rings is 1. The summed E-state index contributed by atoms with van der Waals surface area (Å²) in [6, 6.07) is 0. The van der Waals surface area contributed by atoms with Crippen molar-refractivity contribution in [2.75, 3.05) is 25.9 Å². The van der Waals surface area contributed by atoms with Crippen LogP contribution in [0, 0.1) is 0 Å². The molecule has 0 unspecified atom stereocenters. The highest BCUT2D eigenvalue weighted by atomic mass is 32.3. The monoisotopic (exact) mass is 528 g/mol. The van der Waals surface area contributed by atoms with E-state index in [1.165, 1.54) is 0 Å². The van der Waals surface area contributed by atoms with Gasteiger partial charge in [-0.3, -0.25) is 0 Å². The molecule has 186 valence electrons. The Kier molecular flexibility index (Phi) is 7.56. The van der Waals surface area contributed by atoms with Crippen LogP contribution >= 0.6 is 0 Å². The summed E-state index contributed by atoms with van der Waals surface area (Å²) in [5.41, 5.74) is -2.39. The molecule has 0 aromatic carbocycles. The van der Waals surface area contributed by atoms with Crippen molar-refractivity contribution in [3.05, 3.63) is 0 Å². The van der Waals surface area contributed by atoms with E-state index in [0.29, 0.717) is 6.42 Å². The molecule has 0 aromatic rings. The maximum atomic E-state index is 14.4. The van der Waals surface area contributed by atoms with Crippen LogP contribution in [0.5, 0.6) is 0 Å². The molecular weight excluding hydrogens is 506 g/mol. The molecule has 9 nitrogen and oxygen atoms in total. The van der Waals surface area contributed by atoms with E-state index in [9.17, 15) is 56.7 Å². The summed E-state index contributed by atoms with van der Waals surface area (Å²) in [5, 5.41) is -3.93. The number of aliphatic hydroxyl groups is 1. The van der Waals surface area contributed by atoms with Crippen LogP contribution in [0.25, 0.3) is 0 Å². The molecule has 18 heteroatoms. The second-order valence-electron chi connectivity index (χ2n) is 7.58. The first-order valence-corrected chi connectivity index (χ1v) is 13.3. The van der Waals surface area contributed by atoms with E-state index < -0.39 is 75.4 Å². The van der Waals surface area contributed by atoms with E-state index in [4.69, 9.17) is 0 Å². The first-order valence-electron chi connectivity index (χ1n) is 8.52. The van der Waals surface area contributed by atoms with Gasteiger partial charge in [-0.1, -0.05) is 10.1 Å². The Morgan fingerprint density at radius 1 is 0.839 bits per heavy atom. The lowest BCUT2D eigenvalue weighted by molar-refractivity contribution is -0.246. The summed E-state index contributed by atoms with van der Waals surface area (Å²) < 4.78 is 156. The van der Waals surface area contributed by atoms with Gasteiger partial charge in [-0.2, -0.15) is 30.6 Å². The number of sulfonamides is 3. The smallest absolute Gasteiger partial charge is 0.389 e. The van der Waals surface area contributed by atoms with Crippen molar-refractivity contribution >= 4 is 30.1 Å². The highest BCUT2D eigenvalue weighted by molar-refractivity contribution is 8.04. The predicted molar refractivity (Wildman–Crippen MR) is 96.0 cm³/mol. The summed E-state index contributed by atoms with van der Waals surface area (Å²) >= 11 is 0. The van der Waals surface area contributed by atoms with Gasteiger partial charge in [-0.05, 0) is 26.7 Å². The number of rotatable bonds is 9. The Hall–Kier alpha value is -0.690. The molecule has 0 amide bonds. The Morgan fingerprint density at radius 2 is 1.26 bits per heavy atom. The van der Waals surface area contributed by atoms with E-state index >= 15 is 0 Å². The van der Waals surface area contributed by atoms with Crippen molar-refractivity contribution in [2.24, 2.45) is 0 Å². The molecule has 0 spiro atoms. The molecule has 0 saturated carbocycles. The molecule has 1 rings (SSSR count). The van der Waals surface area contributed by atoms with Crippen molar-refractivity contribution in [3.63, 3.8) is 0 Å². The molecule has 1 aliphatic heterocycles. The molecule has 1 N–H and O–H groups in total. The molecule has 0 bridgehead atoms. The molecular formula is C13H22F6N2O7S3. The zero-order valence-electron chi connectivity index (χ0n) is 16.5. The van der Waals surface area contributed by atoms with E-state index in [1.54, 1.807) is 0 Å². The minimum absolute atomic E-state index is 0.00682. The Morgan fingerprint density at radius 3 is 1.61 bits per heavy atom. The number of halogens is 6. The lowest BCUT2D eigenvalue weighted by atomic mass is 10.1. The van der Waals surface area contributed by atoms with Gasteiger partial charge in [0, 0.05) is 13.1 Å². The number of hydrogen-bond acceptors (Lipinski definition) is 7. The molecule has 0 aromatic heterocycles. The zero-order chi connectivity index (χ0) is 24.9. The highest BCUT2D eigenvalue weighted by Gasteiger charge is 2.83. The Balaban J connectivity index is 3.63. The summed E-state index contributed by atoms with van der Waals surface area (Å²) in [4.78, 5) is 0. The van der Waals surface area contributed by atoms with E-state index in [1.807, 2.05) is 0 Å². The van der Waals surface area contributed by atoms with Gasteiger partial charge >= 0.3 is 16.4 Å². The SMILES string of the molecule is CC(C)(O)CN(S(C)(=O)=O)S(=O)(=O)C(F)(F)C(F)(F)C(F)(F)S(=O)(=O)N1CCCCC1. The van der Waals surface area contributed by atoms with Crippen molar-refractivity contribution in [1.82, 2.24) is 8.02 Å². The van der Waals surface area contributed by atoms with E-state index in [2.05, 4.69) is 0 Å². The first-order chi connectivity index (χ1) is 13.4. The molecule has 1 fully saturated rings. The van der Waals surface area contributed by atoms with Crippen molar-refractivity contribution in [3.8, 4) is 0 Å². The maximum absolute atomic E-state index is 14.4. The average molecular weight is 529 g/mol. The third-order valence-corrected chi connectivity index (χ3v) is 9.98. The second kappa shape index (κ2) is 8.27. The fraction of sp³-hybridized carbons (Fsp3) is 1.00. The van der Waals surface area contributed by atoms with Gasteiger partial charge < -0.3 is 5.11 Å². The van der Waals surface area contributed by atoms with Crippen molar-refractivity contribution in [2.45, 2.75) is 55.1 Å². The standard InChI is InChI=1S/C13H22F6N2O7S3/c1-10(2,22)9-21(29(3,23)24)31(27,28)13(18,19)11(14,15)12(16,17)30(25,26)20-7-5-4-6-8-20/h22H,4-9H2,1-3H3. The van der Waals surface area contributed by atoms with Gasteiger partial charge in [0.15, 0.2) is 0 Å². The van der Waals surface area contributed by atoms with Crippen molar-refractivity contribution < 1.29 is 56.7 Å². The summed E-state index contributed by atoms with van der Waals surface area (Å²) in [6.07, 6.45) is 0.304. The van der Waals surface area contributed by atoms with Crippen LogP contribution in [-0.4, -0.2) is 86.3 Å². The van der Waals surface area contributed by atoms with E-state index in [0.717, 1.165) is 13.8 Å². The van der Waals surface area contributed by atoms with Gasteiger partial charge in [-0.15, -0.1) is 0 Å². The largest absolute Gasteiger partial charge is 0.429 e. The quantitative estimate of drug-likeness (QED) is 0.442. The Bertz CT molecular complexity index is 985. The number of hydrogen-bond donors (Lipinski definition) is 1. The summed E-state index contributed by atoms with van der Waals surface area (Å²) in [5.74, 6) is -7.09. The topological polar surface area (TPSA) is 129 Å². The molecule has 31 heavy (non-hydrogen) atoms. The van der Waals surface area contributed by atoms with Crippen LogP contribution in [0.3, 0.4) is 0 Å². The molecule has 0 aliphatic carbocycles. The van der Waals surface area contributed by atoms with Crippen molar-refractivity contribution in [1.29, 1.82) is 0 Å². The van der Waals surface area contributed by atoms with Crippen LogP contribution in [0.1, 0.15) is 33.1 Å². The lowest BCUT2D eigenvalue weighted by Gasteiger charge is -2.37. The predicted octanol–water partition coefficient (Wildman–Crippen LogP) is 0.985. The fourth-order valence-electron chi connectivity index (χ4n) is 2.59. The van der Waals surface area contributed by atoms with Crippen LogP contribution < -0.4 is 0 Å². The number of nitrogens with zero attached hydrogens (tertiary/aromatic N) is 2. The third kappa shape index (κ3) is 4.97. The lowest BCUT2D eigenvalue weighted by Crippen LogP contribution is -2.66. The second-order valence-corrected chi connectivity index (χ2v) is 13.6. The van der Waals surface area contributed by atoms with Crippen LogP contribution in [-0.2, 0) is 30.1 Å². The van der Waals surface area contributed by atoms with E-state index in [-0.39, 0.29) is 23.4 Å². The van der Waals surface area contributed by atoms with Gasteiger partial charge in [0.1, 0.15) is 0 Å². The van der Waals surface area contributed by atoms with Gasteiger partial charge in [0.2, 0.25) is 10.0 Å². The molecule has 0 radical (unpaired) electrons. The van der Waals surface area contributed by atoms with Crippen LogP contribution in [0.2, 0.25) is 0 Å². The zero-order valence-corrected chi connectivity index (χ0v) is 19.0. The minimum Gasteiger partial charge on any atom is -0.389 e. The fourth-order valence-corrected chi connectivity index (χ4v) is 7.62. The average Bonchev–Trinajstić information content (AvgIpc) is 2.58. The number of alkyl halides is 6. The molecule has 1 aliphatic rings. The molecule has 1 saturated heterocycles. The highest BCUT2D eigenvalue weighted by Crippen LogP contribution is 2.52. The minimum atomic E-state index is -7.18. The third-order valence-electron chi connectivity index (χ3n) is 4.19. The van der Waals surface area contributed by atoms with Gasteiger partial charge in [0.25, 0.3) is 20.0 Å². The van der Waals surface area contributed by atoms with Gasteiger partial charge in [0.05, 0.1) is 18.4 Å². The molecule has 1 heterocycles. The maximum Gasteiger partial charge on any atom is 0.429 e. The normalized spacial score (nSPS) is 19.1. The van der Waals surface area contributed by atoms with Gasteiger partial charge in [-0.25, -0.2) is 25.3 Å². The van der Waals surface area contributed by atoms with Crippen LogP contribution in [0.15, 0.2) is 0 Å². The molecule has 0 atom stereocenters. The Labute approximate surface area is 176 Å². The van der Waals surface area contributed by atoms with Crippen LogP contribution in [0.4, 0.5) is 26.3 Å². The first kappa shape index (κ1) is 28.3. The summed E-state index contributed by atoms with van der Waals surface area (Å²) in [6.45, 7) is -1.63. The summed E-state index contributed by atoms with van der Waals surface area (Å²) in [7, 11) is -19.0.